The Hall–Kier alpha value is -3.34. The Balaban J connectivity index is 1.95. The number of benzene rings is 2. The van der Waals surface area contributed by atoms with E-state index in [-0.39, 0.29) is 29.8 Å². The van der Waals surface area contributed by atoms with E-state index in [0.717, 1.165) is 11.3 Å². The molecule has 3 aromatic rings. The van der Waals surface area contributed by atoms with Crippen LogP contribution in [0.25, 0.3) is 0 Å². The van der Waals surface area contributed by atoms with Crippen molar-refractivity contribution in [2.75, 3.05) is 0 Å². The van der Waals surface area contributed by atoms with Crippen LogP contribution < -0.4 is 10.6 Å². The van der Waals surface area contributed by atoms with Crippen LogP contribution in [0.2, 0.25) is 0 Å². The van der Waals surface area contributed by atoms with Gasteiger partial charge in [-0.05, 0) is 36.8 Å². The Morgan fingerprint density at radius 1 is 0.867 bits per heavy atom. The number of rotatable bonds is 8. The maximum Gasteiger partial charge on any atom is 0.251 e. The molecule has 156 valence electrons. The van der Waals surface area contributed by atoms with Crippen LogP contribution in [-0.4, -0.2) is 11.8 Å². The van der Waals surface area contributed by atoms with Gasteiger partial charge in [-0.25, -0.2) is 0 Å². The summed E-state index contributed by atoms with van der Waals surface area (Å²) in [6.45, 7) is 5.70. The fourth-order valence-electron chi connectivity index (χ4n) is 3.54. The zero-order valence-corrected chi connectivity index (χ0v) is 17.6. The van der Waals surface area contributed by atoms with Crippen molar-refractivity contribution < 1.29 is 14.0 Å². The lowest BCUT2D eigenvalue weighted by Crippen LogP contribution is -2.40. The van der Waals surface area contributed by atoms with Gasteiger partial charge in [0.1, 0.15) is 11.5 Å². The highest BCUT2D eigenvalue weighted by molar-refractivity contribution is 5.94. The Morgan fingerprint density at radius 2 is 1.50 bits per heavy atom. The monoisotopic (exact) mass is 404 g/mol. The van der Waals surface area contributed by atoms with Crippen LogP contribution in [0.3, 0.4) is 0 Å². The van der Waals surface area contributed by atoms with E-state index in [1.165, 1.54) is 0 Å². The lowest BCUT2D eigenvalue weighted by molar-refractivity contribution is -0.122. The topological polar surface area (TPSA) is 71.3 Å². The van der Waals surface area contributed by atoms with Gasteiger partial charge in [-0.2, -0.15) is 0 Å². The number of nitrogens with one attached hydrogen (secondary N) is 2. The van der Waals surface area contributed by atoms with Crippen molar-refractivity contribution in [3.8, 4) is 0 Å². The average molecular weight is 405 g/mol. The largest absolute Gasteiger partial charge is 0.464 e. The Labute approximate surface area is 177 Å². The Bertz CT molecular complexity index is 966. The van der Waals surface area contributed by atoms with Gasteiger partial charge in [-0.3, -0.25) is 9.59 Å². The highest BCUT2D eigenvalue weighted by Crippen LogP contribution is 2.34. The molecule has 0 unspecified atom stereocenters. The van der Waals surface area contributed by atoms with Crippen LogP contribution in [0.15, 0.2) is 77.2 Å². The minimum absolute atomic E-state index is 0.0675. The second kappa shape index (κ2) is 9.92. The first-order valence-corrected chi connectivity index (χ1v) is 10.3. The maximum atomic E-state index is 13.0. The Kier molecular flexibility index (Phi) is 7.07. The number of hydrogen-bond donors (Lipinski definition) is 2. The van der Waals surface area contributed by atoms with Crippen molar-refractivity contribution in [3.05, 3.63) is 95.4 Å². The molecule has 3 rings (SSSR count). The zero-order valence-electron chi connectivity index (χ0n) is 17.6. The van der Waals surface area contributed by atoms with E-state index in [4.69, 9.17) is 4.42 Å². The average Bonchev–Trinajstić information content (AvgIpc) is 3.22. The molecule has 0 saturated heterocycles. The molecule has 1 aromatic heterocycles. The molecule has 5 heteroatoms. The third-order valence-corrected chi connectivity index (χ3v) is 5.24. The first-order valence-electron chi connectivity index (χ1n) is 10.3. The lowest BCUT2D eigenvalue weighted by Gasteiger charge is -2.32. The summed E-state index contributed by atoms with van der Waals surface area (Å²) in [4.78, 5) is 25.2. The minimum atomic E-state index is -0.382. The summed E-state index contributed by atoms with van der Waals surface area (Å²) in [6, 6.07) is 22.0. The van der Waals surface area contributed by atoms with Crippen molar-refractivity contribution in [3.63, 3.8) is 0 Å². The summed E-state index contributed by atoms with van der Waals surface area (Å²) in [6.07, 6.45) is 0.370. The molecule has 3 atom stereocenters. The van der Waals surface area contributed by atoms with Gasteiger partial charge in [0, 0.05) is 17.9 Å². The third kappa shape index (κ3) is 5.17. The van der Waals surface area contributed by atoms with Crippen molar-refractivity contribution in [2.24, 2.45) is 5.92 Å². The van der Waals surface area contributed by atoms with E-state index < -0.39 is 0 Å². The summed E-state index contributed by atoms with van der Waals surface area (Å²) in [7, 11) is 0. The van der Waals surface area contributed by atoms with Gasteiger partial charge < -0.3 is 15.1 Å². The molecule has 2 amide bonds. The summed E-state index contributed by atoms with van der Waals surface area (Å²) in [5, 5.41) is 6.24. The highest BCUT2D eigenvalue weighted by atomic mass is 16.3. The molecular weight excluding hydrogens is 376 g/mol. The van der Waals surface area contributed by atoms with Gasteiger partial charge in [0.25, 0.3) is 5.91 Å². The standard InChI is InChI=1S/C25H28N2O3/c1-4-22(28)26-24(21-16-15-17(2)30-21)18(3)23(19-11-7-5-8-12-19)27-25(29)20-13-9-6-10-14-20/h5-16,18,23-24H,4H2,1-3H3,(H,26,28)(H,27,29)/t18-,23-,24+/m1/s1. The van der Waals surface area contributed by atoms with E-state index in [0.29, 0.717) is 17.7 Å². The molecular formula is C25H28N2O3. The molecule has 0 fully saturated rings. The summed E-state index contributed by atoms with van der Waals surface area (Å²) in [5.74, 6) is 1.06. The van der Waals surface area contributed by atoms with Crippen LogP contribution >= 0.6 is 0 Å². The number of furan rings is 1. The molecule has 0 spiro atoms. The molecule has 0 saturated carbocycles. The lowest BCUT2D eigenvalue weighted by atomic mass is 9.86. The summed E-state index contributed by atoms with van der Waals surface area (Å²) in [5.41, 5.74) is 1.56. The molecule has 30 heavy (non-hydrogen) atoms. The predicted molar refractivity (Wildman–Crippen MR) is 117 cm³/mol. The van der Waals surface area contributed by atoms with Crippen LogP contribution in [0.4, 0.5) is 0 Å². The molecule has 2 N–H and O–H groups in total. The highest BCUT2D eigenvalue weighted by Gasteiger charge is 2.32. The van der Waals surface area contributed by atoms with Gasteiger partial charge in [0.15, 0.2) is 0 Å². The number of aryl methyl sites for hydroxylation is 1. The molecule has 1 heterocycles. The Morgan fingerprint density at radius 3 is 2.07 bits per heavy atom. The molecule has 0 bridgehead atoms. The van der Waals surface area contributed by atoms with Gasteiger partial charge in [-0.1, -0.05) is 62.4 Å². The molecule has 0 aliphatic heterocycles. The third-order valence-electron chi connectivity index (χ3n) is 5.24. The molecule has 0 radical (unpaired) electrons. The van der Waals surface area contributed by atoms with Crippen molar-refractivity contribution in [1.82, 2.24) is 10.6 Å². The number of amides is 2. The summed E-state index contributed by atoms with van der Waals surface area (Å²) >= 11 is 0. The van der Waals surface area contributed by atoms with E-state index >= 15 is 0 Å². The summed E-state index contributed by atoms with van der Waals surface area (Å²) < 4.78 is 5.86. The molecule has 0 aliphatic carbocycles. The van der Waals surface area contributed by atoms with E-state index in [1.54, 1.807) is 12.1 Å². The second-order valence-electron chi connectivity index (χ2n) is 7.43. The van der Waals surface area contributed by atoms with E-state index in [9.17, 15) is 9.59 Å². The van der Waals surface area contributed by atoms with Crippen molar-refractivity contribution in [1.29, 1.82) is 0 Å². The minimum Gasteiger partial charge on any atom is -0.464 e. The van der Waals surface area contributed by atoms with Crippen LogP contribution in [-0.2, 0) is 4.79 Å². The van der Waals surface area contributed by atoms with E-state index in [1.807, 2.05) is 81.4 Å². The van der Waals surface area contributed by atoms with Crippen LogP contribution in [0.1, 0.15) is 59.8 Å². The first kappa shape index (κ1) is 21.4. The van der Waals surface area contributed by atoms with Gasteiger partial charge in [0.05, 0.1) is 12.1 Å². The number of carbonyl (C=O) groups is 2. The number of hydrogen-bond acceptors (Lipinski definition) is 3. The fraction of sp³-hybridized carbons (Fsp3) is 0.280. The normalized spacial score (nSPS) is 13.8. The SMILES string of the molecule is CCC(=O)N[C@H](c1ccc(C)o1)[C@H](C)[C@@H](NC(=O)c1ccccc1)c1ccccc1. The smallest absolute Gasteiger partial charge is 0.251 e. The fourth-order valence-corrected chi connectivity index (χ4v) is 3.54. The van der Waals surface area contributed by atoms with Gasteiger partial charge in [-0.15, -0.1) is 0 Å². The van der Waals surface area contributed by atoms with Crippen molar-refractivity contribution in [2.45, 2.75) is 39.3 Å². The molecule has 5 nitrogen and oxygen atoms in total. The molecule has 2 aromatic carbocycles. The van der Waals surface area contributed by atoms with Crippen molar-refractivity contribution >= 4 is 11.8 Å². The maximum absolute atomic E-state index is 13.0. The van der Waals surface area contributed by atoms with Gasteiger partial charge in [0.2, 0.25) is 5.91 Å². The van der Waals surface area contributed by atoms with E-state index in [2.05, 4.69) is 10.6 Å². The number of carbonyl (C=O) groups excluding carboxylic acids is 2. The predicted octanol–water partition coefficient (Wildman–Crippen LogP) is 4.96. The zero-order chi connectivity index (χ0) is 21.5. The van der Waals surface area contributed by atoms with Crippen LogP contribution in [0.5, 0.6) is 0 Å². The second-order valence-corrected chi connectivity index (χ2v) is 7.43. The quantitative estimate of drug-likeness (QED) is 0.557. The molecule has 0 aliphatic rings. The van der Waals surface area contributed by atoms with Crippen LogP contribution in [0, 0.1) is 12.8 Å². The van der Waals surface area contributed by atoms with Gasteiger partial charge >= 0.3 is 0 Å². The first-order chi connectivity index (χ1) is 14.5.